The highest BCUT2D eigenvalue weighted by Gasteiger charge is 2.65. The van der Waals surface area contributed by atoms with Crippen LogP contribution in [0.5, 0.6) is 23.0 Å². The molecule has 65 heavy (non-hydrogen) atoms. The lowest BCUT2D eigenvalue weighted by Crippen LogP contribution is -2.70. The SMILES string of the molecule is C=CCOC12Oc3ccc(OCCSc4ccccc4)cc3C3C(CCCCO)C(CCCCO)C=C(C(=NOC4CCCCO4)CC1N(Cc1ccc4c(c1)OCO4)C(=O)OCC)C32. The van der Waals surface area contributed by atoms with Gasteiger partial charge in [0.05, 0.1) is 38.1 Å². The molecule has 1 saturated heterocycles. The van der Waals surface area contributed by atoms with E-state index in [2.05, 4.69) is 30.9 Å². The Hall–Kier alpha value is -4.73. The normalized spacial score (nSPS) is 25.7. The minimum Gasteiger partial charge on any atom is -0.493 e. The van der Waals surface area contributed by atoms with E-state index in [1.807, 2.05) is 48.5 Å². The van der Waals surface area contributed by atoms with Crippen LogP contribution in [0.4, 0.5) is 4.79 Å². The van der Waals surface area contributed by atoms with Crippen LogP contribution in [0.15, 0.2) is 101 Å². The number of aliphatic hydroxyl groups excluding tert-OH is 2. The molecule has 2 fully saturated rings. The molecule has 0 bridgehead atoms. The zero-order valence-electron chi connectivity index (χ0n) is 37.5. The van der Waals surface area contributed by atoms with Crippen molar-refractivity contribution < 1.29 is 53.0 Å². The number of thioether (sulfide) groups is 1. The first kappa shape index (κ1) is 46.8. The average molecular weight is 913 g/mol. The van der Waals surface area contributed by atoms with E-state index in [0.29, 0.717) is 49.0 Å². The third-order valence-corrected chi connectivity index (χ3v) is 14.1. The van der Waals surface area contributed by atoms with Gasteiger partial charge in [-0.15, -0.1) is 18.3 Å². The van der Waals surface area contributed by atoms with Crippen molar-refractivity contribution in [2.24, 2.45) is 22.9 Å². The predicted molar refractivity (Wildman–Crippen MR) is 247 cm³/mol. The Kier molecular flexibility index (Phi) is 16.3. The number of hydrogen-bond acceptors (Lipinski definition) is 13. The Labute approximate surface area is 387 Å². The number of unbranched alkanes of at least 4 members (excludes halogenated alkanes) is 2. The van der Waals surface area contributed by atoms with E-state index in [-0.39, 0.29) is 63.9 Å². The summed E-state index contributed by atoms with van der Waals surface area (Å²) >= 11 is 1.75. The Morgan fingerprint density at radius 1 is 0.985 bits per heavy atom. The molecule has 1 amide bonds. The van der Waals surface area contributed by atoms with E-state index in [1.165, 1.54) is 4.90 Å². The second-order valence-electron chi connectivity index (χ2n) is 17.2. The van der Waals surface area contributed by atoms with Gasteiger partial charge in [0.2, 0.25) is 18.9 Å². The summed E-state index contributed by atoms with van der Waals surface area (Å²) in [7, 11) is 0. The van der Waals surface area contributed by atoms with Crippen molar-refractivity contribution in [1.82, 2.24) is 4.90 Å². The van der Waals surface area contributed by atoms with Crippen LogP contribution < -0.4 is 18.9 Å². The second-order valence-corrected chi connectivity index (χ2v) is 18.4. The van der Waals surface area contributed by atoms with Gasteiger partial charge in [-0.05, 0) is 111 Å². The maximum absolute atomic E-state index is 14.6. The molecule has 3 aromatic carbocycles. The quantitative estimate of drug-likeness (QED) is 0.0429. The molecule has 8 rings (SSSR count). The zero-order valence-corrected chi connectivity index (χ0v) is 38.3. The van der Waals surface area contributed by atoms with Gasteiger partial charge in [0.25, 0.3) is 0 Å². The Balaban J connectivity index is 1.27. The molecule has 5 aliphatic rings. The molecule has 3 heterocycles. The Morgan fingerprint density at radius 3 is 2.58 bits per heavy atom. The number of carbonyl (C=O) groups excluding carboxylic acids is 1. The van der Waals surface area contributed by atoms with Crippen molar-refractivity contribution in [3.8, 4) is 23.0 Å². The van der Waals surface area contributed by atoms with Gasteiger partial charge in [-0.1, -0.05) is 54.4 Å². The number of carbonyl (C=O) groups is 1. The van der Waals surface area contributed by atoms with Crippen LogP contribution in [0, 0.1) is 17.8 Å². The summed E-state index contributed by atoms with van der Waals surface area (Å²) in [6, 6.07) is 21.2. The van der Waals surface area contributed by atoms with Gasteiger partial charge in [0.15, 0.2) is 11.5 Å². The molecule has 7 unspecified atom stereocenters. The average Bonchev–Trinajstić information content (AvgIpc) is 3.81. The first-order chi connectivity index (χ1) is 32.0. The second kappa shape index (κ2) is 22.6. The number of fused-ring (bicyclic) bond motifs is 3. The summed E-state index contributed by atoms with van der Waals surface area (Å²) in [5.41, 5.74) is 3.43. The lowest BCUT2D eigenvalue weighted by Gasteiger charge is -2.59. The zero-order chi connectivity index (χ0) is 45.0. The molecule has 2 aliphatic carbocycles. The number of rotatable bonds is 22. The number of nitrogens with zero attached hydrogens (tertiary/aromatic N) is 2. The Morgan fingerprint density at radius 2 is 1.80 bits per heavy atom. The number of oxime groups is 1. The lowest BCUT2D eigenvalue weighted by molar-refractivity contribution is -0.256. The summed E-state index contributed by atoms with van der Waals surface area (Å²) in [4.78, 5) is 23.8. The van der Waals surface area contributed by atoms with E-state index in [4.69, 9.17) is 43.2 Å². The molecule has 3 aromatic rings. The van der Waals surface area contributed by atoms with Gasteiger partial charge in [-0.3, -0.25) is 4.90 Å². The van der Waals surface area contributed by atoms with E-state index >= 15 is 0 Å². The van der Waals surface area contributed by atoms with Crippen molar-refractivity contribution >= 4 is 23.6 Å². The van der Waals surface area contributed by atoms with Gasteiger partial charge in [0, 0.05) is 54.7 Å². The molecule has 0 radical (unpaired) electrons. The topological polar surface area (TPSA) is 147 Å². The number of amides is 1. The monoisotopic (exact) mass is 912 g/mol. The molecule has 13 nitrogen and oxygen atoms in total. The maximum atomic E-state index is 14.6. The minimum absolute atomic E-state index is 0.0553. The Bertz CT molecular complexity index is 2110. The van der Waals surface area contributed by atoms with Crippen molar-refractivity contribution in [3.05, 3.63) is 102 Å². The molecule has 350 valence electrons. The van der Waals surface area contributed by atoms with Gasteiger partial charge < -0.3 is 48.2 Å². The van der Waals surface area contributed by atoms with Gasteiger partial charge >= 0.3 is 6.09 Å². The third-order valence-electron chi connectivity index (χ3n) is 13.1. The molecular weight excluding hydrogens is 849 g/mol. The van der Waals surface area contributed by atoms with E-state index < -0.39 is 30.1 Å². The highest BCUT2D eigenvalue weighted by atomic mass is 32.2. The van der Waals surface area contributed by atoms with Crippen LogP contribution in [0.1, 0.15) is 88.2 Å². The summed E-state index contributed by atoms with van der Waals surface area (Å²) in [5.74, 6) is 1.37. The maximum Gasteiger partial charge on any atom is 0.410 e. The standard InChI is InChI=1S/C51H64N2O11S/c1-3-25-62-51-46(53(50(56)57-4-2)33-35-19-21-44-45(29-35)61-34-60-44)32-42(52-64-47-18-10-13-26-59-47)40-30-36(14-8-11-23-54)39(17-9-12-24-55)48(49(40)51)41-31-37(20-22-43(41)63-51)58-27-28-65-38-15-6-5-7-16-38/h3,5-7,15-16,19-22,29-31,36,39,46-49,54-55H,1,4,8-14,17-18,23-28,32-34H2,2H3. The molecule has 14 heteroatoms. The fourth-order valence-corrected chi connectivity index (χ4v) is 11.0. The smallest absolute Gasteiger partial charge is 0.410 e. The first-order valence-corrected chi connectivity index (χ1v) is 24.4. The van der Waals surface area contributed by atoms with Crippen LogP contribution in [0.25, 0.3) is 0 Å². The predicted octanol–water partition coefficient (Wildman–Crippen LogP) is 9.41. The number of ether oxygens (including phenoxy) is 7. The molecule has 0 spiro atoms. The van der Waals surface area contributed by atoms with Crippen molar-refractivity contribution in [2.45, 2.75) is 107 Å². The molecule has 3 aliphatic heterocycles. The van der Waals surface area contributed by atoms with E-state index in [0.717, 1.165) is 73.1 Å². The van der Waals surface area contributed by atoms with Crippen molar-refractivity contribution in [1.29, 1.82) is 0 Å². The summed E-state index contributed by atoms with van der Waals surface area (Å²) < 4.78 is 44.4. The summed E-state index contributed by atoms with van der Waals surface area (Å²) in [6.07, 6.45) is 10.5. The molecular formula is C51H64N2O11S. The van der Waals surface area contributed by atoms with E-state index in [1.54, 1.807) is 29.7 Å². The summed E-state index contributed by atoms with van der Waals surface area (Å²) in [5, 5.41) is 25.0. The fraction of sp³-hybridized carbons (Fsp3) is 0.529. The van der Waals surface area contributed by atoms with Crippen molar-refractivity contribution in [2.75, 3.05) is 52.2 Å². The summed E-state index contributed by atoms with van der Waals surface area (Å²) in [6.45, 7) is 7.72. The van der Waals surface area contributed by atoms with Crippen LogP contribution in [-0.2, 0) is 25.6 Å². The van der Waals surface area contributed by atoms with Crippen molar-refractivity contribution in [3.63, 3.8) is 0 Å². The molecule has 7 atom stereocenters. The highest BCUT2D eigenvalue weighted by molar-refractivity contribution is 7.99. The highest BCUT2D eigenvalue weighted by Crippen LogP contribution is 2.62. The van der Waals surface area contributed by atoms with Crippen LogP contribution in [0.3, 0.4) is 0 Å². The van der Waals surface area contributed by atoms with Crippen LogP contribution >= 0.6 is 11.8 Å². The molecule has 0 aromatic heterocycles. The fourth-order valence-electron chi connectivity index (χ4n) is 10.2. The number of hydrogen-bond donors (Lipinski definition) is 2. The number of benzene rings is 3. The van der Waals surface area contributed by atoms with E-state index in [9.17, 15) is 15.0 Å². The van der Waals surface area contributed by atoms with Gasteiger partial charge in [-0.2, -0.15) is 0 Å². The molecule has 2 N–H and O–H groups in total. The number of aliphatic hydroxyl groups is 2. The molecule has 1 saturated carbocycles. The number of allylic oxidation sites excluding steroid dienone is 1. The first-order valence-electron chi connectivity index (χ1n) is 23.4. The van der Waals surface area contributed by atoms with Crippen LogP contribution in [-0.4, -0.2) is 97.2 Å². The largest absolute Gasteiger partial charge is 0.493 e. The van der Waals surface area contributed by atoms with Crippen LogP contribution in [0.2, 0.25) is 0 Å². The van der Waals surface area contributed by atoms with Gasteiger partial charge in [0.1, 0.15) is 17.5 Å². The lowest BCUT2D eigenvalue weighted by atomic mass is 9.55. The van der Waals surface area contributed by atoms with Gasteiger partial charge in [-0.25, -0.2) is 4.79 Å². The minimum atomic E-state index is -1.46. The third kappa shape index (κ3) is 10.8.